The molecule has 0 bridgehead atoms. The van der Waals surface area contributed by atoms with Crippen molar-refractivity contribution in [2.75, 3.05) is 26.3 Å². The van der Waals surface area contributed by atoms with Crippen molar-refractivity contribution in [1.29, 1.82) is 0 Å². The van der Waals surface area contributed by atoms with Crippen LogP contribution in [0.4, 0.5) is 0 Å². The maximum atomic E-state index is 10.4. The molecule has 2 aliphatic rings. The van der Waals surface area contributed by atoms with Gasteiger partial charge in [-0.05, 0) is 29.4 Å². The van der Waals surface area contributed by atoms with Crippen molar-refractivity contribution in [1.82, 2.24) is 10.2 Å². The van der Waals surface area contributed by atoms with Gasteiger partial charge in [0.2, 0.25) is 0 Å². The summed E-state index contributed by atoms with van der Waals surface area (Å²) < 4.78 is 0. The van der Waals surface area contributed by atoms with Crippen molar-refractivity contribution in [2.24, 2.45) is 11.8 Å². The quantitative estimate of drug-likeness (QED) is 0.740. The van der Waals surface area contributed by atoms with Crippen molar-refractivity contribution in [3.63, 3.8) is 0 Å². The Labute approximate surface area is 155 Å². The SMILES string of the molecule is OC[C@@H]1N[C@@](CO)(Cc2ccccc2)[C@@H]2CN(Cc3ccccc3)C[C@H]12. The minimum atomic E-state index is -0.356. The van der Waals surface area contributed by atoms with Gasteiger partial charge in [0.25, 0.3) is 0 Å². The van der Waals surface area contributed by atoms with Crippen LogP contribution in [0.1, 0.15) is 11.1 Å². The molecule has 2 heterocycles. The van der Waals surface area contributed by atoms with Crippen LogP contribution in [0.3, 0.4) is 0 Å². The highest BCUT2D eigenvalue weighted by molar-refractivity contribution is 5.23. The smallest absolute Gasteiger partial charge is 0.0620 e. The summed E-state index contributed by atoms with van der Waals surface area (Å²) in [6, 6.07) is 21.0. The van der Waals surface area contributed by atoms with E-state index in [1.54, 1.807) is 0 Å². The van der Waals surface area contributed by atoms with E-state index in [1.807, 2.05) is 24.3 Å². The number of aliphatic hydroxyl groups excluding tert-OH is 2. The van der Waals surface area contributed by atoms with Gasteiger partial charge < -0.3 is 15.5 Å². The second kappa shape index (κ2) is 7.49. The van der Waals surface area contributed by atoms with Gasteiger partial charge in [-0.2, -0.15) is 0 Å². The van der Waals surface area contributed by atoms with Gasteiger partial charge in [0, 0.05) is 25.7 Å². The molecule has 4 atom stereocenters. The highest BCUT2D eigenvalue weighted by Gasteiger charge is 2.55. The zero-order chi connectivity index (χ0) is 18.0. The molecule has 4 heteroatoms. The van der Waals surface area contributed by atoms with Crippen molar-refractivity contribution in [3.8, 4) is 0 Å². The molecule has 4 rings (SSSR count). The van der Waals surface area contributed by atoms with Gasteiger partial charge in [0.15, 0.2) is 0 Å². The van der Waals surface area contributed by atoms with Crippen molar-refractivity contribution < 1.29 is 10.2 Å². The van der Waals surface area contributed by atoms with E-state index in [2.05, 4.69) is 46.6 Å². The molecule has 26 heavy (non-hydrogen) atoms. The monoisotopic (exact) mass is 352 g/mol. The van der Waals surface area contributed by atoms with Gasteiger partial charge in [0.05, 0.1) is 18.8 Å². The molecule has 2 aromatic rings. The highest BCUT2D eigenvalue weighted by atomic mass is 16.3. The summed E-state index contributed by atoms with van der Waals surface area (Å²) >= 11 is 0. The standard InChI is InChI=1S/C22H28N2O2/c25-15-21-19-13-24(12-18-9-5-2-6-10-18)14-20(19)22(16-26,23-21)11-17-7-3-1-4-8-17/h1-10,19-21,23,25-26H,11-16H2/t19-,20+,21-,22+/m0/s1. The number of benzene rings is 2. The number of rotatable bonds is 6. The Balaban J connectivity index is 1.55. The number of nitrogens with one attached hydrogen (secondary N) is 1. The third-order valence-electron chi connectivity index (χ3n) is 6.23. The fourth-order valence-corrected chi connectivity index (χ4v) is 5.00. The average Bonchev–Trinajstić information content (AvgIpc) is 3.22. The van der Waals surface area contributed by atoms with Gasteiger partial charge in [-0.15, -0.1) is 0 Å². The van der Waals surface area contributed by atoms with E-state index in [4.69, 9.17) is 0 Å². The van der Waals surface area contributed by atoms with Crippen LogP contribution in [-0.2, 0) is 13.0 Å². The first-order valence-corrected chi connectivity index (χ1v) is 9.54. The van der Waals surface area contributed by atoms with Gasteiger partial charge in [-0.3, -0.25) is 4.90 Å². The minimum absolute atomic E-state index is 0.0524. The summed E-state index contributed by atoms with van der Waals surface area (Å²) in [5, 5.41) is 23.9. The van der Waals surface area contributed by atoms with Crippen LogP contribution in [0.2, 0.25) is 0 Å². The van der Waals surface area contributed by atoms with E-state index in [0.717, 1.165) is 26.1 Å². The largest absolute Gasteiger partial charge is 0.395 e. The van der Waals surface area contributed by atoms with Crippen LogP contribution in [0.15, 0.2) is 60.7 Å². The van der Waals surface area contributed by atoms with Crippen LogP contribution in [-0.4, -0.2) is 53.0 Å². The molecule has 4 nitrogen and oxygen atoms in total. The number of nitrogens with zero attached hydrogens (tertiary/aromatic N) is 1. The Morgan fingerprint density at radius 1 is 0.923 bits per heavy atom. The van der Waals surface area contributed by atoms with Gasteiger partial charge >= 0.3 is 0 Å². The molecule has 0 aliphatic carbocycles. The molecule has 2 aromatic carbocycles. The molecule has 0 unspecified atom stereocenters. The Bertz CT molecular complexity index is 709. The summed E-state index contributed by atoms with van der Waals surface area (Å²) in [7, 11) is 0. The number of aliphatic hydroxyl groups is 2. The minimum Gasteiger partial charge on any atom is -0.395 e. The third kappa shape index (κ3) is 3.30. The molecule has 2 aliphatic heterocycles. The van der Waals surface area contributed by atoms with Crippen molar-refractivity contribution in [3.05, 3.63) is 71.8 Å². The maximum absolute atomic E-state index is 10.4. The first kappa shape index (κ1) is 17.7. The van der Waals surface area contributed by atoms with Gasteiger partial charge in [0.1, 0.15) is 0 Å². The van der Waals surface area contributed by atoms with Gasteiger partial charge in [-0.1, -0.05) is 60.7 Å². The molecule has 138 valence electrons. The summed E-state index contributed by atoms with van der Waals surface area (Å²) in [4.78, 5) is 2.48. The molecule has 0 amide bonds. The lowest BCUT2D eigenvalue weighted by Gasteiger charge is -2.35. The second-order valence-corrected chi connectivity index (χ2v) is 7.86. The van der Waals surface area contributed by atoms with Gasteiger partial charge in [-0.25, -0.2) is 0 Å². The van der Waals surface area contributed by atoms with E-state index >= 15 is 0 Å². The zero-order valence-corrected chi connectivity index (χ0v) is 15.1. The predicted molar refractivity (Wildman–Crippen MR) is 103 cm³/mol. The lowest BCUT2D eigenvalue weighted by molar-refractivity contribution is 0.122. The number of hydrogen-bond donors (Lipinski definition) is 3. The topological polar surface area (TPSA) is 55.7 Å². The van der Waals surface area contributed by atoms with Crippen molar-refractivity contribution in [2.45, 2.75) is 24.5 Å². The number of hydrogen-bond acceptors (Lipinski definition) is 4. The fourth-order valence-electron chi connectivity index (χ4n) is 5.00. The Kier molecular flexibility index (Phi) is 5.09. The van der Waals surface area contributed by atoms with Crippen LogP contribution in [0.25, 0.3) is 0 Å². The third-order valence-corrected chi connectivity index (χ3v) is 6.23. The molecule has 0 aromatic heterocycles. The summed E-state index contributed by atoms with van der Waals surface area (Å²) in [5.74, 6) is 0.716. The second-order valence-electron chi connectivity index (χ2n) is 7.86. The number of fused-ring (bicyclic) bond motifs is 1. The summed E-state index contributed by atoms with van der Waals surface area (Å²) in [5.41, 5.74) is 2.19. The van der Waals surface area contributed by atoms with E-state index in [1.165, 1.54) is 11.1 Å². The molecule has 0 spiro atoms. The first-order chi connectivity index (χ1) is 12.7. The fraction of sp³-hybridized carbons (Fsp3) is 0.455. The van der Waals surface area contributed by atoms with E-state index in [0.29, 0.717) is 11.8 Å². The van der Waals surface area contributed by atoms with E-state index in [-0.39, 0.29) is 24.8 Å². The zero-order valence-electron chi connectivity index (χ0n) is 15.1. The lowest BCUT2D eigenvalue weighted by Crippen LogP contribution is -2.54. The molecular weight excluding hydrogens is 324 g/mol. The van der Waals surface area contributed by atoms with Crippen LogP contribution in [0, 0.1) is 11.8 Å². The summed E-state index contributed by atoms with van der Waals surface area (Å²) in [6.45, 7) is 3.07. The maximum Gasteiger partial charge on any atom is 0.0620 e. The Hall–Kier alpha value is -1.72. The first-order valence-electron chi connectivity index (χ1n) is 9.54. The Morgan fingerprint density at radius 3 is 2.19 bits per heavy atom. The average molecular weight is 352 g/mol. The van der Waals surface area contributed by atoms with Crippen LogP contribution >= 0.6 is 0 Å². The normalized spacial score (nSPS) is 31.2. The molecule has 2 saturated heterocycles. The molecule has 0 radical (unpaired) electrons. The molecule has 2 fully saturated rings. The predicted octanol–water partition coefficient (Wildman–Crippen LogP) is 1.67. The van der Waals surface area contributed by atoms with E-state index in [9.17, 15) is 10.2 Å². The lowest BCUT2D eigenvalue weighted by atomic mass is 9.78. The van der Waals surface area contributed by atoms with E-state index < -0.39 is 0 Å². The molecular formula is C22H28N2O2. The summed E-state index contributed by atoms with van der Waals surface area (Å²) in [6.07, 6.45) is 0.793. The van der Waals surface area contributed by atoms with Crippen molar-refractivity contribution >= 4 is 0 Å². The van der Waals surface area contributed by atoms with Crippen LogP contribution < -0.4 is 5.32 Å². The number of likely N-dealkylation sites (tertiary alicyclic amines) is 1. The molecule has 0 saturated carbocycles. The molecule has 3 N–H and O–H groups in total. The Morgan fingerprint density at radius 2 is 1.58 bits per heavy atom. The highest BCUT2D eigenvalue weighted by Crippen LogP contribution is 2.42. The van der Waals surface area contributed by atoms with Crippen LogP contribution in [0.5, 0.6) is 0 Å².